The summed E-state index contributed by atoms with van der Waals surface area (Å²) in [4.78, 5) is 20.9. The minimum atomic E-state index is -0.200. The predicted molar refractivity (Wildman–Crippen MR) is 106 cm³/mol. The van der Waals surface area contributed by atoms with Gasteiger partial charge in [-0.05, 0) is 36.4 Å². The molecule has 2 heterocycles. The Morgan fingerprint density at radius 1 is 1.11 bits per heavy atom. The van der Waals surface area contributed by atoms with Gasteiger partial charge in [-0.3, -0.25) is 10.1 Å². The lowest BCUT2D eigenvalue weighted by atomic mass is 10.1. The third kappa shape index (κ3) is 3.73. The molecule has 2 aromatic carbocycles. The van der Waals surface area contributed by atoms with Crippen LogP contribution < -0.4 is 10.1 Å². The molecule has 0 aliphatic rings. The van der Waals surface area contributed by atoms with Crippen molar-refractivity contribution >= 4 is 22.4 Å². The molecule has 27 heavy (non-hydrogen) atoms. The molecule has 1 N–H and O–H groups in total. The van der Waals surface area contributed by atoms with E-state index < -0.39 is 0 Å². The van der Waals surface area contributed by atoms with Gasteiger partial charge in [-0.2, -0.15) is 0 Å². The molecule has 4 rings (SSSR count). The number of hydrogen-bond donors (Lipinski definition) is 1. The summed E-state index contributed by atoms with van der Waals surface area (Å²) in [6.07, 6.45) is 5.39. The van der Waals surface area contributed by atoms with Gasteiger partial charge in [-0.1, -0.05) is 12.1 Å². The molecule has 2 aromatic heterocycles. The fraction of sp³-hybridized carbons (Fsp3) is 0.0500. The Hall–Kier alpha value is -3.45. The number of benzene rings is 2. The summed E-state index contributed by atoms with van der Waals surface area (Å²) < 4.78 is 7.04. The third-order valence-corrected chi connectivity index (χ3v) is 4.80. The van der Waals surface area contributed by atoms with Crippen LogP contribution in [-0.2, 0) is 0 Å². The zero-order valence-electron chi connectivity index (χ0n) is 14.5. The lowest BCUT2D eigenvalue weighted by molar-refractivity contribution is 0.102. The molecule has 0 fully saturated rings. The molecule has 0 atom stereocenters. The van der Waals surface area contributed by atoms with Gasteiger partial charge in [0.1, 0.15) is 5.75 Å². The molecule has 6 nitrogen and oxygen atoms in total. The summed E-state index contributed by atoms with van der Waals surface area (Å²) in [7, 11) is 1.59. The van der Waals surface area contributed by atoms with Crippen LogP contribution in [0.2, 0.25) is 0 Å². The largest absolute Gasteiger partial charge is 0.497 e. The van der Waals surface area contributed by atoms with Gasteiger partial charge in [-0.15, -0.1) is 11.3 Å². The molecule has 4 aromatic rings. The van der Waals surface area contributed by atoms with E-state index in [0.29, 0.717) is 16.4 Å². The zero-order valence-corrected chi connectivity index (χ0v) is 15.3. The van der Waals surface area contributed by atoms with E-state index in [4.69, 9.17) is 4.74 Å². The fourth-order valence-corrected chi connectivity index (χ4v) is 3.31. The number of aromatic nitrogens is 3. The van der Waals surface area contributed by atoms with Crippen LogP contribution in [0.3, 0.4) is 0 Å². The summed E-state index contributed by atoms with van der Waals surface area (Å²) in [5, 5.41) is 5.32. The molecular weight excluding hydrogens is 360 g/mol. The number of methoxy groups -OCH3 is 1. The topological polar surface area (TPSA) is 69.0 Å². The van der Waals surface area contributed by atoms with Crippen LogP contribution >= 0.6 is 11.3 Å². The summed E-state index contributed by atoms with van der Waals surface area (Å²) in [5.41, 5.74) is 3.39. The van der Waals surface area contributed by atoms with Gasteiger partial charge >= 0.3 is 0 Å². The zero-order chi connectivity index (χ0) is 18.6. The van der Waals surface area contributed by atoms with Crippen molar-refractivity contribution in [1.29, 1.82) is 0 Å². The quantitative estimate of drug-likeness (QED) is 0.565. The van der Waals surface area contributed by atoms with Gasteiger partial charge in [0, 0.05) is 34.6 Å². The van der Waals surface area contributed by atoms with Gasteiger partial charge in [0.05, 0.1) is 19.1 Å². The number of nitrogens with zero attached hydrogens (tertiary/aromatic N) is 3. The summed E-state index contributed by atoms with van der Waals surface area (Å²) in [5.74, 6) is 0.510. The van der Waals surface area contributed by atoms with Crippen LogP contribution in [-0.4, -0.2) is 27.6 Å². The number of thiazole rings is 1. The molecule has 0 aliphatic heterocycles. The molecule has 1 amide bonds. The van der Waals surface area contributed by atoms with Gasteiger partial charge in [0.15, 0.2) is 5.13 Å². The average molecular weight is 376 g/mol. The van der Waals surface area contributed by atoms with E-state index in [1.165, 1.54) is 11.3 Å². The summed E-state index contributed by atoms with van der Waals surface area (Å²) in [6, 6.07) is 15.0. The molecule has 134 valence electrons. The smallest absolute Gasteiger partial charge is 0.257 e. The lowest BCUT2D eigenvalue weighted by Gasteiger charge is -2.04. The van der Waals surface area contributed by atoms with Crippen molar-refractivity contribution < 1.29 is 9.53 Å². The highest BCUT2D eigenvalue weighted by atomic mass is 32.1. The second-order valence-corrected chi connectivity index (χ2v) is 6.60. The Bertz CT molecular complexity index is 1040. The Kier molecular flexibility index (Phi) is 4.67. The highest BCUT2D eigenvalue weighted by molar-refractivity contribution is 7.14. The highest BCUT2D eigenvalue weighted by Gasteiger charge is 2.10. The Morgan fingerprint density at radius 2 is 1.89 bits per heavy atom. The standard InChI is InChI=1S/C20H16N4O2S/c1-26-17-8-4-15(5-9-17)19(25)23-20-22-18(12-27-20)14-2-6-16(7-3-14)24-11-10-21-13-24/h2-13H,1H3,(H,22,23,25). The van der Waals surface area contributed by atoms with Crippen LogP contribution in [0.25, 0.3) is 16.9 Å². The number of carbonyl (C=O) groups excluding carboxylic acids is 1. The maximum Gasteiger partial charge on any atom is 0.257 e. The number of rotatable bonds is 5. The van der Waals surface area contributed by atoms with Gasteiger partial charge in [-0.25, -0.2) is 9.97 Å². The van der Waals surface area contributed by atoms with E-state index in [1.807, 2.05) is 40.4 Å². The first-order valence-electron chi connectivity index (χ1n) is 8.22. The van der Waals surface area contributed by atoms with E-state index in [1.54, 1.807) is 43.9 Å². The maximum atomic E-state index is 12.3. The molecule has 7 heteroatoms. The number of imidazole rings is 1. The Labute approximate surface area is 160 Å². The maximum absolute atomic E-state index is 12.3. The molecule has 0 saturated heterocycles. The Balaban J connectivity index is 1.47. The van der Waals surface area contributed by atoms with Crippen molar-refractivity contribution in [3.05, 3.63) is 78.2 Å². The van der Waals surface area contributed by atoms with E-state index >= 15 is 0 Å². The summed E-state index contributed by atoms with van der Waals surface area (Å²) >= 11 is 1.39. The van der Waals surface area contributed by atoms with Crippen LogP contribution in [0.5, 0.6) is 5.75 Å². The number of anilines is 1. The monoisotopic (exact) mass is 376 g/mol. The second kappa shape index (κ2) is 7.43. The van der Waals surface area contributed by atoms with Crippen molar-refractivity contribution in [2.24, 2.45) is 0 Å². The fourth-order valence-electron chi connectivity index (χ4n) is 2.59. The van der Waals surface area contributed by atoms with Crippen molar-refractivity contribution in [3.63, 3.8) is 0 Å². The van der Waals surface area contributed by atoms with Crippen LogP contribution in [0.1, 0.15) is 10.4 Å². The average Bonchev–Trinajstić information content (AvgIpc) is 3.40. The first-order valence-corrected chi connectivity index (χ1v) is 9.10. The van der Waals surface area contributed by atoms with E-state index in [9.17, 15) is 4.79 Å². The van der Waals surface area contributed by atoms with Gasteiger partial charge < -0.3 is 9.30 Å². The first-order chi connectivity index (χ1) is 13.2. The third-order valence-electron chi connectivity index (χ3n) is 4.04. The normalized spacial score (nSPS) is 10.6. The highest BCUT2D eigenvalue weighted by Crippen LogP contribution is 2.26. The Morgan fingerprint density at radius 3 is 2.56 bits per heavy atom. The molecule has 0 radical (unpaired) electrons. The molecular formula is C20H16N4O2S. The minimum absolute atomic E-state index is 0.200. The predicted octanol–water partition coefficient (Wildman–Crippen LogP) is 4.26. The van der Waals surface area contributed by atoms with Crippen LogP contribution in [0.4, 0.5) is 5.13 Å². The van der Waals surface area contributed by atoms with E-state index in [-0.39, 0.29) is 5.91 Å². The molecule has 0 bridgehead atoms. The number of nitrogens with one attached hydrogen (secondary N) is 1. The van der Waals surface area contributed by atoms with Crippen molar-refractivity contribution in [3.8, 4) is 22.7 Å². The number of ether oxygens (including phenoxy) is 1. The van der Waals surface area contributed by atoms with Crippen molar-refractivity contribution in [2.45, 2.75) is 0 Å². The summed E-state index contributed by atoms with van der Waals surface area (Å²) in [6.45, 7) is 0. The molecule has 0 saturated carbocycles. The van der Waals surface area contributed by atoms with E-state index in [2.05, 4.69) is 15.3 Å². The first kappa shape index (κ1) is 17.0. The number of carbonyl (C=O) groups is 1. The lowest BCUT2D eigenvalue weighted by Crippen LogP contribution is -2.11. The van der Waals surface area contributed by atoms with Crippen molar-refractivity contribution in [2.75, 3.05) is 12.4 Å². The molecule has 0 aliphatic carbocycles. The van der Waals surface area contributed by atoms with Crippen molar-refractivity contribution in [1.82, 2.24) is 14.5 Å². The van der Waals surface area contributed by atoms with Gasteiger partial charge in [0.2, 0.25) is 0 Å². The van der Waals surface area contributed by atoms with Crippen LogP contribution in [0.15, 0.2) is 72.6 Å². The van der Waals surface area contributed by atoms with E-state index in [0.717, 1.165) is 16.9 Å². The molecule has 0 spiro atoms. The molecule has 0 unspecified atom stereocenters. The minimum Gasteiger partial charge on any atom is -0.497 e. The number of hydrogen-bond acceptors (Lipinski definition) is 5. The number of amides is 1. The van der Waals surface area contributed by atoms with Crippen LogP contribution in [0, 0.1) is 0 Å². The SMILES string of the molecule is COc1ccc(C(=O)Nc2nc(-c3ccc(-n4ccnc4)cc3)cs2)cc1. The second-order valence-electron chi connectivity index (χ2n) is 5.74. The van der Waals surface area contributed by atoms with Gasteiger partial charge in [0.25, 0.3) is 5.91 Å².